The van der Waals surface area contributed by atoms with E-state index in [0.717, 1.165) is 27.0 Å². The van der Waals surface area contributed by atoms with E-state index in [1.165, 1.54) is 0 Å². The Labute approximate surface area is 170 Å². The molecule has 4 rings (SSSR count). The Bertz CT molecular complexity index is 1080. The third-order valence-corrected chi connectivity index (χ3v) is 4.73. The Morgan fingerprint density at radius 1 is 1.00 bits per heavy atom. The Morgan fingerprint density at radius 3 is 2.50 bits per heavy atom. The van der Waals surface area contributed by atoms with Gasteiger partial charge in [-0.05, 0) is 54.1 Å². The first-order chi connectivity index (χ1) is 13.7. The summed E-state index contributed by atoms with van der Waals surface area (Å²) in [5.41, 5.74) is 4.11. The van der Waals surface area contributed by atoms with E-state index in [1.807, 2.05) is 48.7 Å². The topological polar surface area (TPSA) is 72.7 Å². The highest BCUT2D eigenvalue weighted by Gasteiger charge is 2.09. The Balaban J connectivity index is 1.44. The van der Waals surface area contributed by atoms with Crippen molar-refractivity contribution in [3.05, 3.63) is 95.1 Å². The average molecular weight is 434 g/mol. The van der Waals surface area contributed by atoms with Gasteiger partial charge in [-0.15, -0.1) is 0 Å². The fourth-order valence-electron chi connectivity index (χ4n) is 2.67. The summed E-state index contributed by atoms with van der Waals surface area (Å²) in [5.74, 6) is -0.165. The molecule has 7 heteroatoms. The highest BCUT2D eigenvalue weighted by molar-refractivity contribution is 9.10. The van der Waals surface area contributed by atoms with E-state index in [-0.39, 0.29) is 5.91 Å². The first-order valence-electron chi connectivity index (χ1n) is 8.63. The predicted octanol–water partition coefficient (Wildman–Crippen LogP) is 4.02. The van der Waals surface area contributed by atoms with Gasteiger partial charge in [0, 0.05) is 41.4 Å². The number of halogens is 1. The summed E-state index contributed by atoms with van der Waals surface area (Å²) in [6, 6.07) is 15.2. The minimum Gasteiger partial charge on any atom is -0.348 e. The van der Waals surface area contributed by atoms with E-state index in [9.17, 15) is 4.79 Å². The van der Waals surface area contributed by atoms with Crippen molar-refractivity contribution < 1.29 is 4.79 Å². The van der Waals surface area contributed by atoms with Crippen molar-refractivity contribution in [2.24, 2.45) is 0 Å². The van der Waals surface area contributed by atoms with Crippen molar-refractivity contribution >= 4 is 21.8 Å². The summed E-state index contributed by atoms with van der Waals surface area (Å²) in [6.45, 7) is 0.447. The van der Waals surface area contributed by atoms with Gasteiger partial charge in [-0.1, -0.05) is 15.9 Å². The highest BCUT2D eigenvalue weighted by atomic mass is 79.9. The number of pyridine rings is 2. The van der Waals surface area contributed by atoms with Crippen molar-refractivity contribution in [2.45, 2.75) is 6.54 Å². The number of benzene rings is 1. The number of hydrogen-bond donors (Lipinski definition) is 1. The first-order valence-corrected chi connectivity index (χ1v) is 9.42. The van der Waals surface area contributed by atoms with Gasteiger partial charge in [0.2, 0.25) is 0 Å². The minimum atomic E-state index is -0.165. The fraction of sp³-hybridized carbons (Fsp3) is 0.0476. The number of carbonyl (C=O) groups is 1. The molecule has 0 fully saturated rings. The van der Waals surface area contributed by atoms with Gasteiger partial charge < -0.3 is 5.32 Å². The van der Waals surface area contributed by atoms with E-state index in [2.05, 4.69) is 36.3 Å². The van der Waals surface area contributed by atoms with E-state index >= 15 is 0 Å². The monoisotopic (exact) mass is 433 g/mol. The lowest BCUT2D eigenvalue weighted by molar-refractivity contribution is 0.0950. The summed E-state index contributed by atoms with van der Waals surface area (Å²) in [5, 5.41) is 7.27. The van der Waals surface area contributed by atoms with Crippen LogP contribution in [-0.4, -0.2) is 25.7 Å². The molecule has 138 valence electrons. The number of nitrogens with one attached hydrogen (secondary N) is 1. The third-order valence-electron chi connectivity index (χ3n) is 4.20. The smallest absolute Gasteiger partial charge is 0.253 e. The van der Waals surface area contributed by atoms with E-state index in [1.54, 1.807) is 35.5 Å². The van der Waals surface area contributed by atoms with Gasteiger partial charge in [0.1, 0.15) is 0 Å². The van der Waals surface area contributed by atoms with Crippen LogP contribution in [0.3, 0.4) is 0 Å². The number of carbonyl (C=O) groups excluding carboxylic acids is 1. The van der Waals surface area contributed by atoms with Crippen LogP contribution in [0.25, 0.3) is 16.9 Å². The molecule has 28 heavy (non-hydrogen) atoms. The van der Waals surface area contributed by atoms with Gasteiger partial charge >= 0.3 is 0 Å². The Hall–Kier alpha value is -3.32. The van der Waals surface area contributed by atoms with Crippen LogP contribution in [0.2, 0.25) is 0 Å². The van der Waals surface area contributed by atoms with Gasteiger partial charge in [0.05, 0.1) is 23.1 Å². The lowest BCUT2D eigenvalue weighted by Gasteiger charge is -2.05. The Kier molecular flexibility index (Phi) is 5.25. The fourth-order valence-corrected chi connectivity index (χ4v) is 2.94. The lowest BCUT2D eigenvalue weighted by Crippen LogP contribution is -2.22. The summed E-state index contributed by atoms with van der Waals surface area (Å²) in [4.78, 5) is 20.7. The second-order valence-corrected chi connectivity index (χ2v) is 7.04. The lowest BCUT2D eigenvalue weighted by atomic mass is 10.2. The molecule has 0 aliphatic heterocycles. The van der Waals surface area contributed by atoms with Gasteiger partial charge in [0.15, 0.2) is 0 Å². The van der Waals surface area contributed by atoms with Crippen molar-refractivity contribution in [2.75, 3.05) is 0 Å². The van der Waals surface area contributed by atoms with Crippen LogP contribution in [0.5, 0.6) is 0 Å². The average Bonchev–Trinajstić information content (AvgIpc) is 3.24. The minimum absolute atomic E-state index is 0.165. The van der Waals surface area contributed by atoms with Crippen LogP contribution in [0, 0.1) is 0 Å². The zero-order chi connectivity index (χ0) is 19.3. The summed E-state index contributed by atoms with van der Waals surface area (Å²) in [6.07, 6.45) is 8.65. The molecule has 0 aliphatic rings. The molecular formula is C21H16BrN5O. The number of amides is 1. The number of aromatic nitrogens is 4. The van der Waals surface area contributed by atoms with E-state index in [0.29, 0.717) is 12.1 Å². The highest BCUT2D eigenvalue weighted by Crippen LogP contribution is 2.19. The van der Waals surface area contributed by atoms with Crippen molar-refractivity contribution in [1.82, 2.24) is 25.1 Å². The van der Waals surface area contributed by atoms with Crippen molar-refractivity contribution in [3.8, 4) is 16.9 Å². The summed E-state index contributed by atoms with van der Waals surface area (Å²) >= 11 is 3.43. The zero-order valence-corrected chi connectivity index (χ0v) is 16.4. The maximum absolute atomic E-state index is 12.3. The van der Waals surface area contributed by atoms with Crippen LogP contribution >= 0.6 is 15.9 Å². The predicted molar refractivity (Wildman–Crippen MR) is 110 cm³/mol. The molecule has 0 atom stereocenters. The van der Waals surface area contributed by atoms with Crippen LogP contribution in [0.15, 0.2) is 84.0 Å². The number of hydrogen-bond acceptors (Lipinski definition) is 4. The van der Waals surface area contributed by atoms with Crippen LogP contribution in [-0.2, 0) is 6.54 Å². The van der Waals surface area contributed by atoms with Crippen molar-refractivity contribution in [1.29, 1.82) is 0 Å². The molecule has 3 aromatic heterocycles. The SMILES string of the molecule is O=C(NCc1ccncc1)c1ccc(-c2cnn(-c3ccc(Br)cc3)c2)nc1. The van der Waals surface area contributed by atoms with Gasteiger partial charge in [-0.25, -0.2) is 4.68 Å². The van der Waals surface area contributed by atoms with Gasteiger partial charge in [0.25, 0.3) is 5.91 Å². The van der Waals surface area contributed by atoms with Crippen LogP contribution in [0.1, 0.15) is 15.9 Å². The molecule has 0 radical (unpaired) electrons. The second-order valence-electron chi connectivity index (χ2n) is 6.12. The maximum Gasteiger partial charge on any atom is 0.253 e. The molecule has 0 aliphatic carbocycles. The molecule has 0 spiro atoms. The Morgan fingerprint density at radius 2 is 1.79 bits per heavy atom. The molecule has 0 bridgehead atoms. The second kappa shape index (κ2) is 8.14. The molecular weight excluding hydrogens is 418 g/mol. The standard InChI is InChI=1S/C21H16BrN5O/c22-18-2-4-19(5-3-18)27-14-17(13-26-27)20-6-1-16(12-24-20)21(28)25-11-15-7-9-23-10-8-15/h1-10,12-14H,11H2,(H,25,28). The van der Waals surface area contributed by atoms with Crippen LogP contribution in [0.4, 0.5) is 0 Å². The van der Waals surface area contributed by atoms with E-state index < -0.39 is 0 Å². The molecule has 0 unspecified atom stereocenters. The molecule has 6 nitrogen and oxygen atoms in total. The van der Waals surface area contributed by atoms with Crippen LogP contribution < -0.4 is 5.32 Å². The maximum atomic E-state index is 12.3. The number of nitrogens with zero attached hydrogens (tertiary/aromatic N) is 4. The quantitative estimate of drug-likeness (QED) is 0.515. The summed E-state index contributed by atoms with van der Waals surface area (Å²) < 4.78 is 2.81. The molecule has 0 saturated carbocycles. The molecule has 4 aromatic rings. The van der Waals surface area contributed by atoms with E-state index in [4.69, 9.17) is 0 Å². The molecule has 3 heterocycles. The summed E-state index contributed by atoms with van der Waals surface area (Å²) in [7, 11) is 0. The molecule has 1 N–H and O–H groups in total. The van der Waals surface area contributed by atoms with Gasteiger partial charge in [-0.3, -0.25) is 14.8 Å². The first kappa shape index (κ1) is 18.1. The zero-order valence-electron chi connectivity index (χ0n) is 14.8. The van der Waals surface area contributed by atoms with Crippen molar-refractivity contribution in [3.63, 3.8) is 0 Å². The largest absolute Gasteiger partial charge is 0.348 e. The third kappa shape index (κ3) is 4.15. The molecule has 1 amide bonds. The molecule has 1 aromatic carbocycles. The van der Waals surface area contributed by atoms with Gasteiger partial charge in [-0.2, -0.15) is 5.10 Å². The normalized spacial score (nSPS) is 10.6. The number of rotatable bonds is 5. The molecule has 0 saturated heterocycles.